The molecule has 0 radical (unpaired) electrons. The van der Waals surface area contributed by atoms with Crippen LogP contribution in [0, 0.1) is 0 Å². The Balaban J connectivity index is 2.41. The first-order chi connectivity index (χ1) is 7.45. The van der Waals surface area contributed by atoms with Crippen LogP contribution in [0.4, 0.5) is 5.69 Å². The summed E-state index contributed by atoms with van der Waals surface area (Å²) in [4.78, 5) is 2.14. The Morgan fingerprint density at radius 2 is 2.12 bits per heavy atom. The average molecular weight is 221 g/mol. The molecule has 1 unspecified atom stereocenters. The van der Waals surface area contributed by atoms with E-state index in [0.717, 1.165) is 17.9 Å². The van der Waals surface area contributed by atoms with E-state index in [9.17, 15) is 5.11 Å². The minimum atomic E-state index is -0.710. The highest BCUT2D eigenvalue weighted by Gasteiger charge is 2.37. The lowest BCUT2D eigenvalue weighted by atomic mass is 9.95. The predicted octanol–water partition coefficient (Wildman–Crippen LogP) is 1.83. The van der Waals surface area contributed by atoms with Crippen molar-refractivity contribution >= 4 is 5.69 Å². The van der Waals surface area contributed by atoms with E-state index in [2.05, 4.69) is 11.0 Å². The highest BCUT2D eigenvalue weighted by molar-refractivity contribution is 5.64. The van der Waals surface area contributed by atoms with Crippen LogP contribution in [-0.2, 0) is 6.42 Å². The molecule has 0 spiro atoms. The zero-order valence-electron chi connectivity index (χ0n) is 10.3. The first kappa shape index (κ1) is 11.3. The number of hydrogen-bond acceptors (Lipinski definition) is 3. The maximum absolute atomic E-state index is 10.1. The Morgan fingerprint density at radius 1 is 1.44 bits per heavy atom. The summed E-state index contributed by atoms with van der Waals surface area (Å²) in [6, 6.07) is 6.14. The fourth-order valence-electron chi connectivity index (χ4n) is 2.50. The van der Waals surface area contributed by atoms with E-state index in [0.29, 0.717) is 0 Å². The molecule has 0 amide bonds. The highest BCUT2D eigenvalue weighted by Crippen LogP contribution is 2.39. The zero-order chi connectivity index (χ0) is 11.9. The van der Waals surface area contributed by atoms with Gasteiger partial charge in [-0.1, -0.05) is 6.07 Å². The fourth-order valence-corrected chi connectivity index (χ4v) is 2.50. The van der Waals surface area contributed by atoms with Crippen LogP contribution >= 0.6 is 0 Å². The third-order valence-corrected chi connectivity index (χ3v) is 3.39. The van der Waals surface area contributed by atoms with Gasteiger partial charge in [0.2, 0.25) is 0 Å². The van der Waals surface area contributed by atoms with Crippen molar-refractivity contribution in [3.05, 3.63) is 23.8 Å². The molecule has 1 aromatic rings. The number of anilines is 1. The molecule has 1 aromatic carbocycles. The van der Waals surface area contributed by atoms with Crippen molar-refractivity contribution in [1.29, 1.82) is 0 Å². The molecule has 1 aliphatic rings. The lowest BCUT2D eigenvalue weighted by Crippen LogP contribution is -2.46. The second-order valence-corrected chi connectivity index (χ2v) is 4.94. The number of methoxy groups -OCH3 is 1. The molecule has 1 N–H and O–H groups in total. The third-order valence-electron chi connectivity index (χ3n) is 3.39. The van der Waals surface area contributed by atoms with Gasteiger partial charge in [0.05, 0.1) is 18.8 Å². The minimum Gasteiger partial charge on any atom is -0.496 e. The van der Waals surface area contributed by atoms with Crippen LogP contribution in [0.1, 0.15) is 19.4 Å². The lowest BCUT2D eigenvalue weighted by Gasteiger charge is -2.32. The van der Waals surface area contributed by atoms with Crippen molar-refractivity contribution in [3.8, 4) is 5.75 Å². The summed E-state index contributed by atoms with van der Waals surface area (Å²) in [7, 11) is 3.71. The van der Waals surface area contributed by atoms with Gasteiger partial charge in [-0.2, -0.15) is 0 Å². The van der Waals surface area contributed by atoms with Gasteiger partial charge in [-0.25, -0.2) is 0 Å². The molecule has 0 bridgehead atoms. The van der Waals surface area contributed by atoms with E-state index in [1.165, 1.54) is 5.56 Å². The summed E-state index contributed by atoms with van der Waals surface area (Å²) in [5, 5.41) is 10.1. The van der Waals surface area contributed by atoms with E-state index in [4.69, 9.17) is 4.74 Å². The third kappa shape index (κ3) is 1.65. The van der Waals surface area contributed by atoms with E-state index < -0.39 is 5.60 Å². The molecule has 0 fully saturated rings. The maximum atomic E-state index is 10.1. The molecule has 16 heavy (non-hydrogen) atoms. The van der Waals surface area contributed by atoms with Gasteiger partial charge in [0.15, 0.2) is 0 Å². The molecule has 1 heterocycles. The first-order valence-corrected chi connectivity index (χ1v) is 5.56. The SMILES string of the molecule is COc1cccc2c1CC(C(C)(C)O)N2C. The van der Waals surface area contributed by atoms with Gasteiger partial charge in [0.1, 0.15) is 5.75 Å². The molecular formula is C13H19NO2. The van der Waals surface area contributed by atoms with Gasteiger partial charge in [-0.05, 0) is 26.0 Å². The largest absolute Gasteiger partial charge is 0.496 e. The van der Waals surface area contributed by atoms with Crippen LogP contribution in [0.3, 0.4) is 0 Å². The Labute approximate surface area is 96.6 Å². The maximum Gasteiger partial charge on any atom is 0.124 e. The second-order valence-electron chi connectivity index (χ2n) is 4.94. The highest BCUT2D eigenvalue weighted by atomic mass is 16.5. The van der Waals surface area contributed by atoms with Gasteiger partial charge in [-0.3, -0.25) is 0 Å². The number of fused-ring (bicyclic) bond motifs is 1. The van der Waals surface area contributed by atoms with Crippen molar-refractivity contribution in [2.45, 2.75) is 31.9 Å². The van der Waals surface area contributed by atoms with Crippen LogP contribution in [-0.4, -0.2) is 30.9 Å². The summed E-state index contributed by atoms with van der Waals surface area (Å²) in [5.74, 6) is 0.913. The smallest absolute Gasteiger partial charge is 0.124 e. The molecule has 0 aromatic heterocycles. The van der Waals surface area contributed by atoms with Crippen LogP contribution in [0.5, 0.6) is 5.75 Å². The molecule has 0 aliphatic carbocycles. The van der Waals surface area contributed by atoms with Crippen molar-refractivity contribution < 1.29 is 9.84 Å². The van der Waals surface area contributed by atoms with Crippen LogP contribution in [0.2, 0.25) is 0 Å². The molecule has 3 nitrogen and oxygen atoms in total. The van der Waals surface area contributed by atoms with Gasteiger partial charge >= 0.3 is 0 Å². The fraction of sp³-hybridized carbons (Fsp3) is 0.538. The van der Waals surface area contributed by atoms with Gasteiger partial charge in [0, 0.05) is 24.7 Å². The number of hydrogen-bond donors (Lipinski definition) is 1. The van der Waals surface area contributed by atoms with Crippen LogP contribution in [0.15, 0.2) is 18.2 Å². The van der Waals surface area contributed by atoms with Crippen molar-refractivity contribution in [1.82, 2.24) is 0 Å². The van der Waals surface area contributed by atoms with Crippen molar-refractivity contribution in [2.75, 3.05) is 19.1 Å². The Morgan fingerprint density at radius 3 is 2.69 bits per heavy atom. The molecule has 1 atom stereocenters. The Bertz CT molecular complexity index is 395. The van der Waals surface area contributed by atoms with Crippen molar-refractivity contribution in [2.24, 2.45) is 0 Å². The summed E-state index contributed by atoms with van der Waals surface area (Å²) in [6.07, 6.45) is 0.833. The number of rotatable bonds is 2. The van der Waals surface area contributed by atoms with Gasteiger partial charge in [-0.15, -0.1) is 0 Å². The molecular weight excluding hydrogens is 202 g/mol. The zero-order valence-corrected chi connectivity index (χ0v) is 10.3. The van der Waals surface area contributed by atoms with Gasteiger partial charge in [0.25, 0.3) is 0 Å². The Kier molecular flexibility index (Phi) is 2.58. The topological polar surface area (TPSA) is 32.7 Å². The van der Waals surface area contributed by atoms with E-state index in [1.54, 1.807) is 7.11 Å². The average Bonchev–Trinajstić information content (AvgIpc) is 2.56. The van der Waals surface area contributed by atoms with Crippen LogP contribution < -0.4 is 9.64 Å². The number of likely N-dealkylation sites (N-methyl/N-ethyl adjacent to an activating group) is 1. The molecule has 1 aliphatic heterocycles. The summed E-state index contributed by atoms with van der Waals surface area (Å²) >= 11 is 0. The van der Waals surface area contributed by atoms with Crippen molar-refractivity contribution in [3.63, 3.8) is 0 Å². The van der Waals surface area contributed by atoms with E-state index in [1.807, 2.05) is 33.0 Å². The molecule has 2 rings (SSSR count). The Hall–Kier alpha value is -1.22. The summed E-state index contributed by atoms with van der Waals surface area (Å²) in [6.45, 7) is 3.71. The minimum absolute atomic E-state index is 0.110. The standard InChI is InChI=1S/C13H19NO2/c1-13(2,15)12-8-9-10(14(12)3)6-5-7-11(9)16-4/h5-7,12,15H,8H2,1-4H3. The summed E-state index contributed by atoms with van der Waals surface area (Å²) in [5.41, 5.74) is 1.64. The first-order valence-electron chi connectivity index (χ1n) is 5.56. The number of aliphatic hydroxyl groups is 1. The molecule has 88 valence electrons. The van der Waals surface area contributed by atoms with Gasteiger partial charge < -0.3 is 14.7 Å². The lowest BCUT2D eigenvalue weighted by molar-refractivity contribution is 0.0532. The van der Waals surface area contributed by atoms with Crippen LogP contribution in [0.25, 0.3) is 0 Å². The number of ether oxygens (including phenoxy) is 1. The van der Waals surface area contributed by atoms with E-state index in [-0.39, 0.29) is 6.04 Å². The molecule has 0 saturated heterocycles. The van der Waals surface area contributed by atoms with E-state index >= 15 is 0 Å². The second kappa shape index (κ2) is 3.67. The summed E-state index contributed by atoms with van der Waals surface area (Å²) < 4.78 is 5.36. The monoisotopic (exact) mass is 221 g/mol. The number of nitrogens with zero attached hydrogens (tertiary/aromatic N) is 1. The normalized spacial score (nSPS) is 19.8. The quantitative estimate of drug-likeness (QED) is 0.827. The molecule has 0 saturated carbocycles. The molecule has 3 heteroatoms. The number of benzene rings is 1. The predicted molar refractivity (Wildman–Crippen MR) is 65.2 cm³/mol.